The maximum Gasteiger partial charge on any atom is 0.308 e. The Bertz CT molecular complexity index is 297. The fourth-order valence-corrected chi connectivity index (χ4v) is 1.04. The van der Waals surface area contributed by atoms with Crippen molar-refractivity contribution in [2.24, 2.45) is 0 Å². The van der Waals surface area contributed by atoms with E-state index in [4.69, 9.17) is 4.74 Å². The zero-order valence-electron chi connectivity index (χ0n) is 8.55. The lowest BCUT2D eigenvalue weighted by molar-refractivity contribution is -0.143. The van der Waals surface area contributed by atoms with E-state index in [1.165, 1.54) is 7.11 Å². The highest BCUT2D eigenvalue weighted by molar-refractivity contribution is 5.69. The summed E-state index contributed by atoms with van der Waals surface area (Å²) < 4.78 is 9.67. The number of rotatable bonds is 5. The predicted octanol–water partition coefficient (Wildman–Crippen LogP) is 0.989. The molecule has 0 aromatic heterocycles. The minimum atomic E-state index is -0.836. The lowest BCUT2D eigenvalue weighted by Crippen LogP contribution is -2.21. The molecule has 15 heavy (non-hydrogen) atoms. The number of benzene rings is 1. The summed E-state index contributed by atoms with van der Waals surface area (Å²) in [7, 11) is 1.28. The van der Waals surface area contributed by atoms with Crippen molar-refractivity contribution in [2.75, 3.05) is 13.7 Å². The van der Waals surface area contributed by atoms with E-state index in [1.54, 1.807) is 12.1 Å². The molecule has 4 nitrogen and oxygen atoms in total. The molecular formula is C11H14O4. The van der Waals surface area contributed by atoms with Gasteiger partial charge in [-0.1, -0.05) is 18.2 Å². The topological polar surface area (TPSA) is 55.8 Å². The third kappa shape index (κ3) is 4.46. The molecule has 0 aliphatic carbocycles. The Hall–Kier alpha value is -1.55. The first-order chi connectivity index (χ1) is 7.22. The van der Waals surface area contributed by atoms with E-state index in [2.05, 4.69) is 4.74 Å². The second-order valence-corrected chi connectivity index (χ2v) is 3.06. The Balaban J connectivity index is 2.28. The van der Waals surface area contributed by atoms with Crippen LogP contribution in [0.25, 0.3) is 0 Å². The number of esters is 1. The maximum absolute atomic E-state index is 10.8. The summed E-state index contributed by atoms with van der Waals surface area (Å²) in [6, 6.07) is 9.11. The van der Waals surface area contributed by atoms with E-state index in [0.717, 1.165) is 0 Å². The van der Waals surface area contributed by atoms with Crippen molar-refractivity contribution in [2.45, 2.75) is 12.5 Å². The molecule has 4 heteroatoms. The highest BCUT2D eigenvalue weighted by Gasteiger charge is 2.11. The number of ether oxygens (including phenoxy) is 2. The van der Waals surface area contributed by atoms with Gasteiger partial charge in [0.05, 0.1) is 19.6 Å². The van der Waals surface area contributed by atoms with Crippen LogP contribution in [0.4, 0.5) is 0 Å². The molecule has 0 aliphatic rings. The molecule has 1 aromatic rings. The van der Waals surface area contributed by atoms with Crippen LogP contribution < -0.4 is 4.74 Å². The molecule has 1 atom stereocenters. The Morgan fingerprint density at radius 3 is 2.67 bits per heavy atom. The number of hydrogen-bond acceptors (Lipinski definition) is 4. The van der Waals surface area contributed by atoms with Gasteiger partial charge in [-0.2, -0.15) is 0 Å². The average molecular weight is 210 g/mol. The van der Waals surface area contributed by atoms with Gasteiger partial charge >= 0.3 is 5.97 Å². The Morgan fingerprint density at radius 2 is 2.07 bits per heavy atom. The van der Waals surface area contributed by atoms with Crippen LogP contribution in [-0.4, -0.2) is 30.9 Å². The van der Waals surface area contributed by atoms with Gasteiger partial charge in [-0.15, -0.1) is 0 Å². The van der Waals surface area contributed by atoms with Crippen molar-refractivity contribution in [1.29, 1.82) is 0 Å². The number of carbonyl (C=O) groups is 1. The molecule has 0 saturated carbocycles. The van der Waals surface area contributed by atoms with Gasteiger partial charge in [0, 0.05) is 0 Å². The zero-order chi connectivity index (χ0) is 11.1. The summed E-state index contributed by atoms with van der Waals surface area (Å²) >= 11 is 0. The molecule has 0 saturated heterocycles. The minimum Gasteiger partial charge on any atom is -0.491 e. The first-order valence-electron chi connectivity index (χ1n) is 4.65. The van der Waals surface area contributed by atoms with Gasteiger partial charge in [-0.25, -0.2) is 0 Å². The fourth-order valence-electron chi connectivity index (χ4n) is 1.04. The molecule has 0 bridgehead atoms. The number of carbonyl (C=O) groups excluding carboxylic acids is 1. The van der Waals surface area contributed by atoms with Crippen LogP contribution in [0.2, 0.25) is 0 Å². The molecule has 0 amide bonds. The van der Waals surface area contributed by atoms with E-state index in [9.17, 15) is 9.90 Å². The van der Waals surface area contributed by atoms with Crippen molar-refractivity contribution in [1.82, 2.24) is 0 Å². The van der Waals surface area contributed by atoms with Crippen LogP contribution in [0.5, 0.6) is 5.75 Å². The lowest BCUT2D eigenvalue weighted by atomic mass is 10.3. The normalized spacial score (nSPS) is 11.9. The molecular weight excluding hydrogens is 196 g/mol. The van der Waals surface area contributed by atoms with Crippen LogP contribution in [0.3, 0.4) is 0 Å². The number of hydrogen-bond donors (Lipinski definition) is 1. The van der Waals surface area contributed by atoms with Crippen LogP contribution in [0.15, 0.2) is 30.3 Å². The highest BCUT2D eigenvalue weighted by atomic mass is 16.5. The van der Waals surface area contributed by atoms with Gasteiger partial charge in [-0.05, 0) is 12.1 Å². The van der Waals surface area contributed by atoms with Gasteiger partial charge < -0.3 is 14.6 Å². The number of aliphatic hydroxyl groups is 1. The van der Waals surface area contributed by atoms with Gasteiger partial charge in [0.2, 0.25) is 0 Å². The molecule has 0 unspecified atom stereocenters. The van der Waals surface area contributed by atoms with Crippen LogP contribution >= 0.6 is 0 Å². The second-order valence-electron chi connectivity index (χ2n) is 3.06. The zero-order valence-corrected chi connectivity index (χ0v) is 8.55. The third-order valence-electron chi connectivity index (χ3n) is 1.82. The second kappa shape index (κ2) is 6.03. The van der Waals surface area contributed by atoms with Gasteiger partial charge in [-0.3, -0.25) is 4.79 Å². The third-order valence-corrected chi connectivity index (χ3v) is 1.82. The maximum atomic E-state index is 10.8. The first-order valence-corrected chi connectivity index (χ1v) is 4.65. The van der Waals surface area contributed by atoms with Gasteiger partial charge in [0.25, 0.3) is 0 Å². The Kier molecular flexibility index (Phi) is 4.63. The smallest absolute Gasteiger partial charge is 0.308 e. The summed E-state index contributed by atoms with van der Waals surface area (Å²) in [5, 5.41) is 9.39. The number of methoxy groups -OCH3 is 1. The van der Waals surface area contributed by atoms with Crippen molar-refractivity contribution >= 4 is 5.97 Å². The van der Waals surface area contributed by atoms with Crippen molar-refractivity contribution < 1.29 is 19.4 Å². The molecule has 0 radical (unpaired) electrons. The van der Waals surface area contributed by atoms with E-state index in [1.807, 2.05) is 18.2 Å². The van der Waals surface area contributed by atoms with E-state index >= 15 is 0 Å². The average Bonchev–Trinajstić information content (AvgIpc) is 2.27. The number of para-hydroxylation sites is 1. The molecule has 0 heterocycles. The summed E-state index contributed by atoms with van der Waals surface area (Å²) in [5.74, 6) is 0.223. The van der Waals surface area contributed by atoms with Gasteiger partial charge in [0.15, 0.2) is 0 Å². The van der Waals surface area contributed by atoms with Crippen LogP contribution in [-0.2, 0) is 9.53 Å². The standard InChI is InChI=1S/C11H14O4/c1-14-11(13)7-9(12)8-15-10-5-3-2-4-6-10/h2-6,9,12H,7-8H2,1H3/t9-/m0/s1. The SMILES string of the molecule is COC(=O)C[C@H](O)COc1ccccc1. The monoisotopic (exact) mass is 210 g/mol. The van der Waals surface area contributed by atoms with Crippen molar-refractivity contribution in [3.63, 3.8) is 0 Å². The molecule has 0 spiro atoms. The fraction of sp³-hybridized carbons (Fsp3) is 0.364. The molecule has 0 aliphatic heterocycles. The van der Waals surface area contributed by atoms with E-state index < -0.39 is 12.1 Å². The Labute approximate surface area is 88.4 Å². The Morgan fingerprint density at radius 1 is 1.40 bits per heavy atom. The van der Waals surface area contributed by atoms with E-state index in [-0.39, 0.29) is 13.0 Å². The van der Waals surface area contributed by atoms with Crippen molar-refractivity contribution in [3.05, 3.63) is 30.3 Å². The molecule has 0 fully saturated rings. The van der Waals surface area contributed by atoms with E-state index in [0.29, 0.717) is 5.75 Å². The molecule has 82 valence electrons. The van der Waals surface area contributed by atoms with Gasteiger partial charge in [0.1, 0.15) is 12.4 Å². The summed E-state index contributed by atoms with van der Waals surface area (Å²) in [4.78, 5) is 10.8. The van der Waals surface area contributed by atoms with Crippen molar-refractivity contribution in [3.8, 4) is 5.75 Å². The summed E-state index contributed by atoms with van der Waals surface area (Å²) in [5.41, 5.74) is 0. The first kappa shape index (κ1) is 11.5. The predicted molar refractivity (Wildman–Crippen MR) is 54.6 cm³/mol. The quantitative estimate of drug-likeness (QED) is 0.736. The lowest BCUT2D eigenvalue weighted by Gasteiger charge is -2.10. The molecule has 1 N–H and O–H groups in total. The summed E-state index contributed by atoms with van der Waals surface area (Å²) in [6.07, 6.45) is -0.888. The molecule has 1 rings (SSSR count). The highest BCUT2D eigenvalue weighted by Crippen LogP contribution is 2.09. The summed E-state index contributed by atoms with van der Waals surface area (Å²) in [6.45, 7) is 0.0825. The number of aliphatic hydroxyl groups excluding tert-OH is 1. The van der Waals surface area contributed by atoms with Crippen LogP contribution in [0.1, 0.15) is 6.42 Å². The molecule has 1 aromatic carbocycles. The minimum absolute atomic E-state index is 0.0522. The van der Waals surface area contributed by atoms with Crippen LogP contribution in [0, 0.1) is 0 Å². The largest absolute Gasteiger partial charge is 0.491 e.